The van der Waals surface area contributed by atoms with Crippen LogP contribution in [0.5, 0.6) is 5.75 Å². The summed E-state index contributed by atoms with van der Waals surface area (Å²) in [5.41, 5.74) is 4.86. The fourth-order valence-electron chi connectivity index (χ4n) is 3.46. The van der Waals surface area contributed by atoms with Gasteiger partial charge < -0.3 is 10.4 Å². The molecule has 0 aliphatic rings. The summed E-state index contributed by atoms with van der Waals surface area (Å²) in [5.74, 6) is -1.32. The minimum Gasteiger partial charge on any atom is -0.506 e. The Morgan fingerprint density at radius 2 is 1.38 bits per heavy atom. The normalized spacial score (nSPS) is 12.2. The van der Waals surface area contributed by atoms with Crippen LogP contribution in [0.25, 0.3) is 0 Å². The Morgan fingerprint density at radius 1 is 0.882 bits per heavy atom. The molecule has 6 nitrogen and oxygen atoms in total. The minimum absolute atomic E-state index is 0.0788. The smallest absolute Gasteiger partial charge is 0.262 e. The van der Waals surface area contributed by atoms with E-state index in [0.29, 0.717) is 14.5 Å². The summed E-state index contributed by atoms with van der Waals surface area (Å²) in [5, 5.41) is 16.8. The van der Waals surface area contributed by atoms with Crippen LogP contribution in [0.15, 0.2) is 86.8 Å². The second-order valence-corrected chi connectivity index (χ2v) is 9.76. The van der Waals surface area contributed by atoms with Gasteiger partial charge in [0.25, 0.3) is 5.91 Å². The van der Waals surface area contributed by atoms with Crippen molar-refractivity contribution in [1.29, 1.82) is 0 Å². The van der Waals surface area contributed by atoms with E-state index in [9.17, 15) is 14.7 Å². The van der Waals surface area contributed by atoms with Crippen LogP contribution in [-0.4, -0.2) is 29.2 Å². The molecule has 1 atom stereocenters. The van der Waals surface area contributed by atoms with Crippen LogP contribution in [0.2, 0.25) is 0 Å². The van der Waals surface area contributed by atoms with Crippen LogP contribution in [0.4, 0.5) is 0 Å². The lowest BCUT2D eigenvalue weighted by atomic mass is 9.89. The summed E-state index contributed by atoms with van der Waals surface area (Å²) in [7, 11) is 0. The van der Waals surface area contributed by atoms with Crippen LogP contribution in [0.1, 0.15) is 36.5 Å². The lowest BCUT2D eigenvalue weighted by Crippen LogP contribution is -2.50. The van der Waals surface area contributed by atoms with E-state index in [1.165, 1.54) is 6.21 Å². The molecule has 0 radical (unpaired) electrons. The molecule has 0 spiro atoms. The third-order valence-electron chi connectivity index (χ3n) is 5.20. The Kier molecular flexibility index (Phi) is 9.01. The van der Waals surface area contributed by atoms with Crippen molar-refractivity contribution in [1.82, 2.24) is 10.7 Å². The summed E-state index contributed by atoms with van der Waals surface area (Å²) >= 11 is 6.53. The minimum atomic E-state index is -0.780. The van der Waals surface area contributed by atoms with Gasteiger partial charge in [0.1, 0.15) is 11.8 Å². The zero-order valence-corrected chi connectivity index (χ0v) is 21.9. The molecule has 3 aromatic rings. The average Bonchev–Trinajstić information content (AvgIpc) is 2.82. The molecule has 0 aliphatic heterocycles. The number of hydrazone groups is 1. The van der Waals surface area contributed by atoms with Crippen LogP contribution in [-0.2, 0) is 9.59 Å². The van der Waals surface area contributed by atoms with E-state index in [4.69, 9.17) is 0 Å². The van der Waals surface area contributed by atoms with Gasteiger partial charge in [0.05, 0.1) is 21.1 Å². The Labute approximate surface area is 215 Å². The van der Waals surface area contributed by atoms with Gasteiger partial charge in [-0.2, -0.15) is 5.10 Å². The average molecular weight is 587 g/mol. The third-order valence-corrected chi connectivity index (χ3v) is 6.41. The van der Waals surface area contributed by atoms with Gasteiger partial charge in [-0.3, -0.25) is 9.59 Å². The first-order chi connectivity index (χ1) is 16.3. The first-order valence-corrected chi connectivity index (χ1v) is 12.3. The van der Waals surface area contributed by atoms with E-state index in [1.54, 1.807) is 12.1 Å². The highest BCUT2D eigenvalue weighted by Gasteiger charge is 2.29. The molecule has 3 rings (SSSR count). The van der Waals surface area contributed by atoms with Crippen molar-refractivity contribution < 1.29 is 14.7 Å². The van der Waals surface area contributed by atoms with E-state index >= 15 is 0 Å². The summed E-state index contributed by atoms with van der Waals surface area (Å²) in [4.78, 5) is 26.3. The van der Waals surface area contributed by atoms with Crippen molar-refractivity contribution in [3.8, 4) is 5.75 Å². The lowest BCUT2D eigenvalue weighted by molar-refractivity contribution is -0.130. The molecular weight excluding hydrogens is 562 g/mol. The monoisotopic (exact) mass is 585 g/mol. The number of hydrogen-bond donors (Lipinski definition) is 3. The number of nitrogens with zero attached hydrogens (tertiary/aromatic N) is 1. The zero-order valence-electron chi connectivity index (χ0n) is 18.7. The maximum atomic E-state index is 13.4. The topological polar surface area (TPSA) is 90.8 Å². The maximum absolute atomic E-state index is 13.4. The van der Waals surface area contributed by atoms with E-state index in [1.807, 2.05) is 74.5 Å². The standard InChI is InChI=1S/C26H25Br2N3O3/c1-16(2)23(26(34)31-29-15-17-13-20(27)24(32)21(28)14-17)30-25(33)22(18-9-5-3-6-10-18)19-11-7-4-8-12-19/h3-16,22-23,32H,1-2H3,(H,30,33)(H,31,34). The van der Waals surface area contributed by atoms with E-state index in [2.05, 4.69) is 47.7 Å². The molecule has 0 heterocycles. The van der Waals surface area contributed by atoms with E-state index < -0.39 is 17.9 Å². The van der Waals surface area contributed by atoms with Gasteiger partial charge in [0, 0.05) is 0 Å². The highest BCUT2D eigenvalue weighted by molar-refractivity contribution is 9.11. The highest BCUT2D eigenvalue weighted by Crippen LogP contribution is 2.32. The molecule has 0 aliphatic carbocycles. The number of phenols is 1. The van der Waals surface area contributed by atoms with Crippen molar-refractivity contribution >= 4 is 49.9 Å². The second-order valence-electron chi connectivity index (χ2n) is 8.05. The molecule has 0 saturated heterocycles. The molecule has 2 amide bonds. The fraction of sp³-hybridized carbons (Fsp3) is 0.192. The molecule has 0 saturated carbocycles. The van der Waals surface area contributed by atoms with Gasteiger partial charge in [0.2, 0.25) is 5.91 Å². The number of nitrogens with one attached hydrogen (secondary N) is 2. The van der Waals surface area contributed by atoms with Crippen LogP contribution in [0, 0.1) is 5.92 Å². The van der Waals surface area contributed by atoms with Crippen LogP contribution < -0.4 is 10.7 Å². The molecule has 0 aromatic heterocycles. The Bertz CT molecular complexity index is 1110. The molecule has 8 heteroatoms. The number of amides is 2. The van der Waals surface area contributed by atoms with Gasteiger partial charge in [-0.05, 0) is 66.6 Å². The number of carbonyl (C=O) groups is 2. The third kappa shape index (κ3) is 6.55. The molecule has 0 bridgehead atoms. The number of hydrogen-bond acceptors (Lipinski definition) is 4. The molecule has 176 valence electrons. The van der Waals surface area contributed by atoms with Gasteiger partial charge in [-0.15, -0.1) is 0 Å². The SMILES string of the molecule is CC(C)C(NC(=O)C(c1ccccc1)c1ccccc1)C(=O)NN=Cc1cc(Br)c(O)c(Br)c1. The van der Waals surface area contributed by atoms with Crippen molar-refractivity contribution in [3.05, 3.63) is 98.4 Å². The molecule has 0 fully saturated rings. The van der Waals surface area contributed by atoms with Crippen LogP contribution >= 0.6 is 31.9 Å². The molecular formula is C26H25Br2N3O3. The molecule has 1 unspecified atom stereocenters. The molecule has 3 N–H and O–H groups in total. The quantitative estimate of drug-likeness (QED) is 0.246. The molecule has 34 heavy (non-hydrogen) atoms. The van der Waals surface area contributed by atoms with Crippen molar-refractivity contribution in [3.63, 3.8) is 0 Å². The van der Waals surface area contributed by atoms with E-state index in [0.717, 1.165) is 11.1 Å². The predicted molar refractivity (Wildman–Crippen MR) is 141 cm³/mol. The summed E-state index contributed by atoms with van der Waals surface area (Å²) in [6.45, 7) is 3.73. The number of halogens is 2. The second kappa shape index (κ2) is 11.9. The number of benzene rings is 3. The van der Waals surface area contributed by atoms with Gasteiger partial charge in [-0.1, -0.05) is 74.5 Å². The van der Waals surface area contributed by atoms with Gasteiger partial charge in [-0.25, -0.2) is 5.43 Å². The first kappa shape index (κ1) is 25.6. The van der Waals surface area contributed by atoms with E-state index in [-0.39, 0.29) is 17.6 Å². The fourth-order valence-corrected chi connectivity index (χ4v) is 4.68. The Balaban J connectivity index is 1.76. The number of carbonyl (C=O) groups excluding carboxylic acids is 2. The van der Waals surface area contributed by atoms with Gasteiger partial charge >= 0.3 is 0 Å². The number of rotatable bonds is 8. The zero-order chi connectivity index (χ0) is 24.7. The Morgan fingerprint density at radius 3 is 1.85 bits per heavy atom. The van der Waals surface area contributed by atoms with Crippen molar-refractivity contribution in [2.75, 3.05) is 0 Å². The van der Waals surface area contributed by atoms with Crippen molar-refractivity contribution in [2.45, 2.75) is 25.8 Å². The largest absolute Gasteiger partial charge is 0.506 e. The number of aromatic hydroxyl groups is 1. The number of phenolic OH excluding ortho intramolecular Hbond substituents is 1. The summed E-state index contributed by atoms with van der Waals surface area (Å²) in [6.07, 6.45) is 1.46. The Hall–Kier alpha value is -2.97. The highest BCUT2D eigenvalue weighted by atomic mass is 79.9. The maximum Gasteiger partial charge on any atom is 0.262 e. The van der Waals surface area contributed by atoms with Gasteiger partial charge in [0.15, 0.2) is 0 Å². The predicted octanol–water partition coefficient (Wildman–Crippen LogP) is 5.34. The van der Waals surface area contributed by atoms with Crippen molar-refractivity contribution in [2.24, 2.45) is 11.0 Å². The lowest BCUT2D eigenvalue weighted by Gasteiger charge is -2.24. The first-order valence-electron chi connectivity index (χ1n) is 10.7. The van der Waals surface area contributed by atoms with Crippen LogP contribution in [0.3, 0.4) is 0 Å². The summed E-state index contributed by atoms with van der Waals surface area (Å²) < 4.78 is 0.990. The summed E-state index contributed by atoms with van der Waals surface area (Å²) in [6, 6.07) is 21.5. The molecule has 3 aromatic carbocycles.